The highest BCUT2D eigenvalue weighted by Crippen LogP contribution is 2.31. The molecule has 0 saturated carbocycles. The van der Waals surface area contributed by atoms with E-state index in [1.807, 2.05) is 0 Å². The highest BCUT2D eigenvalue weighted by atomic mass is 79.9. The van der Waals surface area contributed by atoms with Crippen molar-refractivity contribution in [2.75, 3.05) is 19.5 Å². The summed E-state index contributed by atoms with van der Waals surface area (Å²) >= 11 is 9.34. The van der Waals surface area contributed by atoms with Gasteiger partial charge in [0.1, 0.15) is 0 Å². The maximum absolute atomic E-state index is 12.3. The Labute approximate surface area is 136 Å². The molecule has 0 aliphatic heterocycles. The van der Waals surface area contributed by atoms with Crippen LogP contribution < -0.4 is 14.8 Å². The summed E-state index contributed by atoms with van der Waals surface area (Å²) in [7, 11) is 3.06. The Morgan fingerprint density at radius 2 is 1.86 bits per heavy atom. The molecule has 0 heterocycles. The molecular weight excluding hydrogens is 358 g/mol. The molecule has 0 spiro atoms. The molecule has 6 heteroatoms. The van der Waals surface area contributed by atoms with Crippen LogP contribution in [-0.2, 0) is 0 Å². The fourth-order valence-electron chi connectivity index (χ4n) is 1.77. The topological polar surface area (TPSA) is 47.6 Å². The Kier molecular flexibility index (Phi) is 5.09. The molecule has 4 nitrogen and oxygen atoms in total. The zero-order valence-electron chi connectivity index (χ0n) is 11.4. The van der Waals surface area contributed by atoms with E-state index in [1.165, 1.54) is 7.11 Å². The van der Waals surface area contributed by atoms with Crippen LogP contribution in [0.3, 0.4) is 0 Å². The highest BCUT2D eigenvalue weighted by molar-refractivity contribution is 9.10. The lowest BCUT2D eigenvalue weighted by atomic mass is 10.2. The molecule has 0 saturated heterocycles. The van der Waals surface area contributed by atoms with Gasteiger partial charge in [0.15, 0.2) is 11.5 Å². The molecule has 1 amide bonds. The molecule has 0 bridgehead atoms. The number of carbonyl (C=O) groups is 1. The van der Waals surface area contributed by atoms with E-state index >= 15 is 0 Å². The van der Waals surface area contributed by atoms with Gasteiger partial charge in [0, 0.05) is 5.56 Å². The van der Waals surface area contributed by atoms with Crippen molar-refractivity contribution in [2.24, 2.45) is 0 Å². The number of halogens is 2. The van der Waals surface area contributed by atoms with Crippen LogP contribution in [0, 0.1) is 0 Å². The minimum atomic E-state index is -0.265. The van der Waals surface area contributed by atoms with Crippen LogP contribution in [0.2, 0.25) is 5.02 Å². The quantitative estimate of drug-likeness (QED) is 0.869. The van der Waals surface area contributed by atoms with Crippen LogP contribution in [0.1, 0.15) is 10.4 Å². The van der Waals surface area contributed by atoms with Gasteiger partial charge in [-0.25, -0.2) is 0 Å². The van der Waals surface area contributed by atoms with Gasteiger partial charge in [-0.15, -0.1) is 0 Å². The largest absolute Gasteiger partial charge is 0.493 e. The number of methoxy groups -OCH3 is 2. The first-order valence-electron chi connectivity index (χ1n) is 6.04. The second-order valence-corrected chi connectivity index (χ2v) is 5.33. The van der Waals surface area contributed by atoms with Crippen molar-refractivity contribution in [3.63, 3.8) is 0 Å². The Hall–Kier alpha value is -1.72. The van der Waals surface area contributed by atoms with E-state index in [-0.39, 0.29) is 5.91 Å². The van der Waals surface area contributed by atoms with E-state index in [4.69, 9.17) is 21.1 Å². The number of ether oxygens (including phenoxy) is 2. The van der Waals surface area contributed by atoms with Crippen molar-refractivity contribution < 1.29 is 14.3 Å². The van der Waals surface area contributed by atoms with E-state index in [0.717, 1.165) is 0 Å². The number of amides is 1. The first kappa shape index (κ1) is 15.7. The van der Waals surface area contributed by atoms with Crippen LogP contribution in [0.25, 0.3) is 0 Å². The molecule has 0 aliphatic rings. The summed E-state index contributed by atoms with van der Waals surface area (Å²) in [6.07, 6.45) is 0. The molecular formula is C15H13BrClNO3. The monoisotopic (exact) mass is 369 g/mol. The van der Waals surface area contributed by atoms with Gasteiger partial charge < -0.3 is 14.8 Å². The summed E-state index contributed by atoms with van der Waals surface area (Å²) in [4.78, 5) is 12.3. The third-order valence-electron chi connectivity index (χ3n) is 2.85. The molecule has 0 radical (unpaired) electrons. The first-order valence-corrected chi connectivity index (χ1v) is 7.21. The van der Waals surface area contributed by atoms with Crippen LogP contribution >= 0.6 is 27.5 Å². The minimum Gasteiger partial charge on any atom is -0.493 e. The molecule has 0 fully saturated rings. The Morgan fingerprint density at radius 3 is 2.52 bits per heavy atom. The van der Waals surface area contributed by atoms with E-state index in [1.54, 1.807) is 43.5 Å². The van der Waals surface area contributed by atoms with Crippen molar-refractivity contribution in [3.05, 3.63) is 51.5 Å². The predicted octanol–water partition coefficient (Wildman–Crippen LogP) is 4.37. The molecule has 2 aromatic rings. The fraction of sp³-hybridized carbons (Fsp3) is 0.133. The Morgan fingerprint density at radius 1 is 1.14 bits per heavy atom. The molecule has 0 aliphatic carbocycles. The van der Waals surface area contributed by atoms with Gasteiger partial charge in [-0.05, 0) is 46.3 Å². The molecule has 1 N–H and O–H groups in total. The number of hydrogen-bond donors (Lipinski definition) is 1. The van der Waals surface area contributed by atoms with E-state index in [9.17, 15) is 4.79 Å². The maximum atomic E-state index is 12.3. The molecule has 0 unspecified atom stereocenters. The number of benzene rings is 2. The summed E-state index contributed by atoms with van der Waals surface area (Å²) in [5.41, 5.74) is 1.06. The van der Waals surface area contributed by atoms with Gasteiger partial charge in [0.2, 0.25) is 0 Å². The zero-order valence-corrected chi connectivity index (χ0v) is 13.8. The van der Waals surface area contributed by atoms with E-state index in [2.05, 4.69) is 21.2 Å². The minimum absolute atomic E-state index is 0.265. The smallest absolute Gasteiger partial charge is 0.255 e. The number of hydrogen-bond acceptors (Lipinski definition) is 3. The summed E-state index contributed by atoms with van der Waals surface area (Å²) < 4.78 is 11.0. The highest BCUT2D eigenvalue weighted by Gasteiger charge is 2.13. The molecule has 2 rings (SSSR count). The van der Waals surface area contributed by atoms with Crippen molar-refractivity contribution in [1.82, 2.24) is 0 Å². The van der Waals surface area contributed by atoms with Gasteiger partial charge in [0.25, 0.3) is 5.91 Å². The normalized spacial score (nSPS) is 10.1. The van der Waals surface area contributed by atoms with Crippen molar-refractivity contribution in [1.29, 1.82) is 0 Å². The van der Waals surface area contributed by atoms with Crippen molar-refractivity contribution in [2.45, 2.75) is 0 Å². The Bertz CT molecular complexity index is 676. The Balaban J connectivity index is 2.26. The van der Waals surface area contributed by atoms with E-state index in [0.29, 0.717) is 32.2 Å². The number of nitrogens with one attached hydrogen (secondary N) is 1. The van der Waals surface area contributed by atoms with Crippen molar-refractivity contribution >= 4 is 39.1 Å². The molecule has 21 heavy (non-hydrogen) atoms. The van der Waals surface area contributed by atoms with Gasteiger partial charge in [-0.3, -0.25) is 4.79 Å². The average Bonchev–Trinajstić information content (AvgIpc) is 2.51. The standard InChI is InChI=1S/C15H13BrClNO3/c1-20-12-7-6-9(8-13(12)21-2)15(19)18-11-5-3-4-10(17)14(11)16/h3-8H,1-2H3,(H,18,19). The SMILES string of the molecule is COc1ccc(C(=O)Nc2cccc(Cl)c2Br)cc1OC. The molecule has 110 valence electrons. The van der Waals surface area contributed by atoms with Crippen LogP contribution in [0.5, 0.6) is 11.5 Å². The first-order chi connectivity index (χ1) is 10.1. The number of rotatable bonds is 4. The lowest BCUT2D eigenvalue weighted by Gasteiger charge is -2.11. The lowest BCUT2D eigenvalue weighted by molar-refractivity contribution is 0.102. The summed E-state index contributed by atoms with van der Waals surface area (Å²) in [6, 6.07) is 10.2. The second kappa shape index (κ2) is 6.83. The summed E-state index contributed by atoms with van der Waals surface area (Å²) in [6.45, 7) is 0. The van der Waals surface area contributed by atoms with Gasteiger partial charge >= 0.3 is 0 Å². The predicted molar refractivity (Wildman–Crippen MR) is 86.7 cm³/mol. The fourth-order valence-corrected chi connectivity index (χ4v) is 2.31. The lowest BCUT2D eigenvalue weighted by Crippen LogP contribution is -2.12. The van der Waals surface area contributed by atoms with E-state index < -0.39 is 0 Å². The van der Waals surface area contributed by atoms with Crippen LogP contribution in [0.4, 0.5) is 5.69 Å². The van der Waals surface area contributed by atoms with Gasteiger partial charge in [-0.1, -0.05) is 17.7 Å². The van der Waals surface area contributed by atoms with Crippen molar-refractivity contribution in [3.8, 4) is 11.5 Å². The second-order valence-electron chi connectivity index (χ2n) is 4.13. The molecule has 0 aromatic heterocycles. The third kappa shape index (κ3) is 3.49. The summed E-state index contributed by atoms with van der Waals surface area (Å²) in [5, 5.41) is 3.32. The zero-order chi connectivity index (χ0) is 15.4. The maximum Gasteiger partial charge on any atom is 0.255 e. The molecule has 2 aromatic carbocycles. The average molecular weight is 371 g/mol. The third-order valence-corrected chi connectivity index (χ3v) is 4.24. The number of anilines is 1. The number of carbonyl (C=O) groups excluding carboxylic acids is 1. The molecule has 0 atom stereocenters. The van der Waals surface area contributed by atoms with Crippen LogP contribution in [-0.4, -0.2) is 20.1 Å². The summed E-state index contributed by atoms with van der Waals surface area (Å²) in [5.74, 6) is 0.798. The van der Waals surface area contributed by atoms with Crippen LogP contribution in [0.15, 0.2) is 40.9 Å². The van der Waals surface area contributed by atoms with Gasteiger partial charge in [-0.2, -0.15) is 0 Å². The van der Waals surface area contributed by atoms with Gasteiger partial charge in [0.05, 0.1) is 29.4 Å².